The summed E-state index contributed by atoms with van der Waals surface area (Å²) in [7, 11) is 0. The van der Waals surface area contributed by atoms with E-state index in [0.29, 0.717) is 0 Å². The topological polar surface area (TPSA) is 28.2 Å². The van der Waals surface area contributed by atoms with Crippen molar-refractivity contribution in [2.45, 2.75) is 13.3 Å². The third-order valence-corrected chi connectivity index (χ3v) is 2.26. The number of nitrogens with zero attached hydrogens (tertiary/aromatic N) is 2. The average molecular weight is 170 g/mol. The Balaban J connectivity index is 2.81. The fourth-order valence-corrected chi connectivity index (χ4v) is 1.58. The standard InChI is InChI=1S/C11H10N2/c1-2-10-4-3-5-11-9(8-12)6-7-13(10)11/h3-7H,2H2,1H3. The molecule has 0 saturated carbocycles. The summed E-state index contributed by atoms with van der Waals surface area (Å²) in [6.07, 6.45) is 2.93. The lowest BCUT2D eigenvalue weighted by atomic mass is 10.2. The van der Waals surface area contributed by atoms with E-state index in [1.54, 1.807) is 0 Å². The molecule has 13 heavy (non-hydrogen) atoms. The maximum Gasteiger partial charge on any atom is 0.101 e. The first-order valence-corrected chi connectivity index (χ1v) is 4.36. The van der Waals surface area contributed by atoms with Crippen molar-refractivity contribution in [1.82, 2.24) is 4.40 Å². The van der Waals surface area contributed by atoms with Gasteiger partial charge in [0.1, 0.15) is 6.07 Å². The summed E-state index contributed by atoms with van der Waals surface area (Å²) in [4.78, 5) is 0. The zero-order valence-electron chi connectivity index (χ0n) is 7.49. The van der Waals surface area contributed by atoms with E-state index in [4.69, 9.17) is 5.26 Å². The molecule has 0 aliphatic carbocycles. The summed E-state index contributed by atoms with van der Waals surface area (Å²) < 4.78 is 2.07. The van der Waals surface area contributed by atoms with Crippen molar-refractivity contribution < 1.29 is 0 Å². The molecule has 2 nitrogen and oxygen atoms in total. The van der Waals surface area contributed by atoms with Crippen LogP contribution >= 0.6 is 0 Å². The van der Waals surface area contributed by atoms with E-state index in [1.165, 1.54) is 5.69 Å². The van der Waals surface area contributed by atoms with Gasteiger partial charge in [0.05, 0.1) is 11.1 Å². The molecule has 2 heteroatoms. The molecule has 2 aromatic rings. The smallest absolute Gasteiger partial charge is 0.101 e. The third-order valence-electron chi connectivity index (χ3n) is 2.26. The number of hydrogen-bond acceptors (Lipinski definition) is 1. The molecule has 0 saturated heterocycles. The largest absolute Gasteiger partial charge is 0.320 e. The highest BCUT2D eigenvalue weighted by Crippen LogP contribution is 2.14. The molecule has 0 radical (unpaired) electrons. The van der Waals surface area contributed by atoms with Crippen LogP contribution in [-0.4, -0.2) is 4.40 Å². The molecule has 2 heterocycles. The summed E-state index contributed by atoms with van der Waals surface area (Å²) in [5, 5.41) is 8.82. The number of nitriles is 1. The van der Waals surface area contributed by atoms with Gasteiger partial charge in [0.2, 0.25) is 0 Å². The van der Waals surface area contributed by atoms with E-state index >= 15 is 0 Å². The quantitative estimate of drug-likeness (QED) is 0.645. The fourth-order valence-electron chi connectivity index (χ4n) is 1.58. The van der Waals surface area contributed by atoms with Crippen LogP contribution in [0, 0.1) is 11.3 Å². The second-order valence-corrected chi connectivity index (χ2v) is 2.97. The normalized spacial score (nSPS) is 10.2. The van der Waals surface area contributed by atoms with E-state index in [1.807, 2.05) is 24.4 Å². The summed E-state index contributed by atoms with van der Waals surface area (Å²) in [5.74, 6) is 0. The molecule has 2 rings (SSSR count). The lowest BCUT2D eigenvalue weighted by molar-refractivity contribution is 0.983. The molecule has 0 aromatic carbocycles. The monoisotopic (exact) mass is 170 g/mol. The van der Waals surface area contributed by atoms with Gasteiger partial charge in [-0.2, -0.15) is 5.26 Å². The molecule has 0 unspecified atom stereocenters. The Hall–Kier alpha value is -1.75. The van der Waals surface area contributed by atoms with Crippen LogP contribution in [0.4, 0.5) is 0 Å². The molecule has 0 fully saturated rings. The Bertz CT molecular complexity index is 474. The van der Waals surface area contributed by atoms with Gasteiger partial charge in [-0.3, -0.25) is 0 Å². The minimum absolute atomic E-state index is 0.746. The SMILES string of the molecule is CCc1cccc2c(C#N)ccn12. The zero-order chi connectivity index (χ0) is 9.26. The van der Waals surface area contributed by atoms with Crippen molar-refractivity contribution >= 4 is 5.52 Å². The van der Waals surface area contributed by atoms with Crippen LogP contribution in [0.25, 0.3) is 5.52 Å². The molecule has 0 N–H and O–H groups in total. The average Bonchev–Trinajstić information content (AvgIpc) is 2.60. The molecular formula is C11H10N2. The summed E-state index contributed by atoms with van der Waals surface area (Å²) >= 11 is 0. The van der Waals surface area contributed by atoms with E-state index in [-0.39, 0.29) is 0 Å². The Morgan fingerprint density at radius 3 is 2.92 bits per heavy atom. The highest BCUT2D eigenvalue weighted by molar-refractivity contribution is 5.62. The predicted octanol–water partition coefficient (Wildman–Crippen LogP) is 2.37. The number of pyridine rings is 1. The Morgan fingerprint density at radius 1 is 1.38 bits per heavy atom. The number of rotatable bonds is 1. The molecule has 0 spiro atoms. The number of aromatic nitrogens is 1. The summed E-state index contributed by atoms with van der Waals surface area (Å²) in [6.45, 7) is 2.11. The van der Waals surface area contributed by atoms with Crippen LogP contribution in [0.3, 0.4) is 0 Å². The van der Waals surface area contributed by atoms with Crippen LogP contribution in [-0.2, 0) is 6.42 Å². The second kappa shape index (κ2) is 2.95. The number of fused-ring (bicyclic) bond motifs is 1. The van der Waals surface area contributed by atoms with Crippen LogP contribution in [0.15, 0.2) is 30.5 Å². The van der Waals surface area contributed by atoms with Crippen molar-refractivity contribution in [3.63, 3.8) is 0 Å². The highest BCUT2D eigenvalue weighted by atomic mass is 14.9. The van der Waals surface area contributed by atoms with Crippen molar-refractivity contribution in [3.05, 3.63) is 41.7 Å². The molecule has 0 atom stereocenters. The Morgan fingerprint density at radius 2 is 2.23 bits per heavy atom. The lowest BCUT2D eigenvalue weighted by Gasteiger charge is -2.01. The lowest BCUT2D eigenvalue weighted by Crippen LogP contribution is -1.92. The first-order chi connectivity index (χ1) is 6.36. The van der Waals surface area contributed by atoms with E-state index < -0.39 is 0 Å². The van der Waals surface area contributed by atoms with Crippen molar-refractivity contribution in [3.8, 4) is 6.07 Å². The fraction of sp³-hybridized carbons (Fsp3) is 0.182. The maximum absolute atomic E-state index is 8.82. The highest BCUT2D eigenvalue weighted by Gasteiger charge is 2.02. The van der Waals surface area contributed by atoms with Crippen LogP contribution in [0.2, 0.25) is 0 Å². The van der Waals surface area contributed by atoms with E-state index in [9.17, 15) is 0 Å². The van der Waals surface area contributed by atoms with Gasteiger partial charge >= 0.3 is 0 Å². The summed E-state index contributed by atoms with van der Waals surface area (Å²) in [6, 6.07) is 10.1. The molecule has 64 valence electrons. The molecule has 0 aliphatic heterocycles. The van der Waals surface area contributed by atoms with Gasteiger partial charge in [0.15, 0.2) is 0 Å². The molecule has 0 amide bonds. The maximum atomic E-state index is 8.82. The van der Waals surface area contributed by atoms with Crippen molar-refractivity contribution in [2.75, 3.05) is 0 Å². The molecular weight excluding hydrogens is 160 g/mol. The molecule has 0 aliphatic rings. The number of hydrogen-bond donors (Lipinski definition) is 0. The minimum atomic E-state index is 0.746. The third kappa shape index (κ3) is 1.09. The molecule has 0 bridgehead atoms. The zero-order valence-corrected chi connectivity index (χ0v) is 7.49. The minimum Gasteiger partial charge on any atom is -0.320 e. The van der Waals surface area contributed by atoms with Gasteiger partial charge in [-0.1, -0.05) is 13.0 Å². The van der Waals surface area contributed by atoms with E-state index in [0.717, 1.165) is 17.5 Å². The first kappa shape index (κ1) is 7.88. The second-order valence-electron chi connectivity index (χ2n) is 2.97. The van der Waals surface area contributed by atoms with Crippen molar-refractivity contribution in [1.29, 1.82) is 5.26 Å². The van der Waals surface area contributed by atoms with Crippen molar-refractivity contribution in [2.24, 2.45) is 0 Å². The van der Waals surface area contributed by atoms with Gasteiger partial charge in [0.25, 0.3) is 0 Å². The molecule has 2 aromatic heterocycles. The van der Waals surface area contributed by atoms with Gasteiger partial charge < -0.3 is 4.40 Å². The first-order valence-electron chi connectivity index (χ1n) is 4.36. The van der Waals surface area contributed by atoms with Gasteiger partial charge in [-0.05, 0) is 24.6 Å². The van der Waals surface area contributed by atoms with Gasteiger partial charge in [-0.25, -0.2) is 0 Å². The Kier molecular flexibility index (Phi) is 1.79. The summed E-state index contributed by atoms with van der Waals surface area (Å²) in [5.41, 5.74) is 2.98. The van der Waals surface area contributed by atoms with E-state index in [2.05, 4.69) is 23.5 Å². The van der Waals surface area contributed by atoms with Gasteiger partial charge in [-0.15, -0.1) is 0 Å². The van der Waals surface area contributed by atoms with Crippen LogP contribution in [0.1, 0.15) is 18.2 Å². The predicted molar refractivity (Wildman–Crippen MR) is 51.5 cm³/mol. The van der Waals surface area contributed by atoms with Crippen LogP contribution < -0.4 is 0 Å². The Labute approximate surface area is 77.0 Å². The number of aryl methyl sites for hydroxylation is 1. The van der Waals surface area contributed by atoms with Crippen LogP contribution in [0.5, 0.6) is 0 Å². The van der Waals surface area contributed by atoms with Gasteiger partial charge in [0, 0.05) is 11.9 Å².